The molecule has 2 aromatic carbocycles. The number of hydrogen-bond acceptors (Lipinski definition) is 2. The summed E-state index contributed by atoms with van der Waals surface area (Å²) in [6, 6.07) is 9.00. The quantitative estimate of drug-likeness (QED) is 0.862. The van der Waals surface area contributed by atoms with Crippen LogP contribution in [0.25, 0.3) is 0 Å². The van der Waals surface area contributed by atoms with Gasteiger partial charge in [0.1, 0.15) is 11.6 Å². The van der Waals surface area contributed by atoms with E-state index in [1.807, 2.05) is 32.0 Å². The van der Waals surface area contributed by atoms with Crippen LogP contribution in [-0.2, 0) is 6.54 Å². The number of anilines is 1. The van der Waals surface area contributed by atoms with Crippen LogP contribution >= 0.6 is 15.9 Å². The molecule has 0 aromatic heterocycles. The van der Waals surface area contributed by atoms with Gasteiger partial charge in [-0.05, 0) is 37.6 Å². The van der Waals surface area contributed by atoms with Gasteiger partial charge in [0.25, 0.3) is 0 Å². The van der Waals surface area contributed by atoms with Crippen LogP contribution < -0.4 is 10.1 Å². The molecule has 0 radical (unpaired) electrons. The Hall–Kier alpha value is -1.55. The molecule has 0 aliphatic heterocycles. The summed E-state index contributed by atoms with van der Waals surface area (Å²) in [5.41, 5.74) is 3.62. The number of benzene rings is 2. The zero-order chi connectivity index (χ0) is 14.7. The van der Waals surface area contributed by atoms with Crippen LogP contribution in [0.2, 0.25) is 0 Å². The number of halogens is 2. The van der Waals surface area contributed by atoms with E-state index in [9.17, 15) is 4.39 Å². The monoisotopic (exact) mass is 337 g/mol. The van der Waals surface area contributed by atoms with Crippen LogP contribution in [0.1, 0.15) is 16.7 Å². The second-order valence-corrected chi connectivity index (χ2v) is 5.66. The Labute approximate surface area is 127 Å². The van der Waals surface area contributed by atoms with E-state index in [0.29, 0.717) is 12.1 Å². The van der Waals surface area contributed by atoms with Gasteiger partial charge in [-0.3, -0.25) is 0 Å². The molecule has 1 N–H and O–H groups in total. The molecule has 0 unspecified atom stereocenters. The normalized spacial score (nSPS) is 10.4. The predicted molar refractivity (Wildman–Crippen MR) is 83.9 cm³/mol. The van der Waals surface area contributed by atoms with Gasteiger partial charge in [0.05, 0.1) is 12.8 Å². The molecule has 0 bridgehead atoms. The van der Waals surface area contributed by atoms with Crippen molar-refractivity contribution in [2.24, 2.45) is 0 Å². The van der Waals surface area contributed by atoms with Crippen LogP contribution in [0, 0.1) is 19.7 Å². The Morgan fingerprint density at radius 2 is 1.95 bits per heavy atom. The first-order chi connectivity index (χ1) is 9.51. The number of methoxy groups -OCH3 is 1. The third-order valence-electron chi connectivity index (χ3n) is 3.14. The summed E-state index contributed by atoms with van der Waals surface area (Å²) in [5.74, 6) is 0.543. The van der Waals surface area contributed by atoms with Gasteiger partial charge in [0.15, 0.2) is 0 Å². The average Bonchev–Trinajstić information content (AvgIpc) is 2.40. The Balaban J connectivity index is 2.25. The molecule has 106 valence electrons. The first-order valence-corrected chi connectivity index (χ1v) is 7.13. The molecule has 2 rings (SSSR count). The van der Waals surface area contributed by atoms with Crippen LogP contribution in [0.3, 0.4) is 0 Å². The van der Waals surface area contributed by atoms with E-state index in [1.165, 1.54) is 6.07 Å². The number of hydrogen-bond donors (Lipinski definition) is 1. The van der Waals surface area contributed by atoms with Gasteiger partial charge >= 0.3 is 0 Å². The van der Waals surface area contributed by atoms with Crippen molar-refractivity contribution in [3.05, 3.63) is 57.3 Å². The molecule has 0 spiro atoms. The van der Waals surface area contributed by atoms with Crippen molar-refractivity contribution in [2.75, 3.05) is 12.4 Å². The average molecular weight is 338 g/mol. The molecule has 0 atom stereocenters. The third-order valence-corrected chi connectivity index (χ3v) is 3.60. The predicted octanol–water partition coefficient (Wildman–Crippen LogP) is 4.83. The Morgan fingerprint density at radius 3 is 2.65 bits per heavy atom. The van der Waals surface area contributed by atoms with Gasteiger partial charge in [-0.25, -0.2) is 4.39 Å². The van der Waals surface area contributed by atoms with E-state index < -0.39 is 0 Å². The molecular formula is C16H17BrFNO. The summed E-state index contributed by atoms with van der Waals surface area (Å²) >= 11 is 3.44. The minimum Gasteiger partial charge on any atom is -0.495 e. The lowest BCUT2D eigenvalue weighted by Gasteiger charge is -2.15. The minimum atomic E-state index is -0.197. The molecule has 4 heteroatoms. The summed E-state index contributed by atoms with van der Waals surface area (Å²) < 4.78 is 20.1. The summed E-state index contributed by atoms with van der Waals surface area (Å²) in [4.78, 5) is 0. The Morgan fingerprint density at radius 1 is 1.20 bits per heavy atom. The van der Waals surface area contributed by atoms with E-state index in [0.717, 1.165) is 27.0 Å². The summed E-state index contributed by atoms with van der Waals surface area (Å²) in [6.07, 6.45) is 0. The van der Waals surface area contributed by atoms with Crippen molar-refractivity contribution in [3.63, 3.8) is 0 Å². The van der Waals surface area contributed by atoms with Gasteiger partial charge in [0.2, 0.25) is 0 Å². The van der Waals surface area contributed by atoms with Crippen LogP contribution in [-0.4, -0.2) is 7.11 Å². The third kappa shape index (κ3) is 3.31. The summed E-state index contributed by atoms with van der Waals surface area (Å²) in [5, 5.41) is 3.26. The summed E-state index contributed by atoms with van der Waals surface area (Å²) in [7, 11) is 1.62. The van der Waals surface area contributed by atoms with Crippen molar-refractivity contribution >= 4 is 21.6 Å². The SMILES string of the molecule is COc1cc(Br)cc(C)c1NCc1cc(C)ccc1F. The van der Waals surface area contributed by atoms with Gasteiger partial charge in [0, 0.05) is 16.6 Å². The maximum absolute atomic E-state index is 13.7. The van der Waals surface area contributed by atoms with Crippen molar-refractivity contribution in [1.29, 1.82) is 0 Å². The van der Waals surface area contributed by atoms with E-state index in [2.05, 4.69) is 21.2 Å². The van der Waals surface area contributed by atoms with Crippen molar-refractivity contribution in [1.82, 2.24) is 0 Å². The number of aryl methyl sites for hydroxylation is 2. The highest BCUT2D eigenvalue weighted by Crippen LogP contribution is 2.32. The lowest BCUT2D eigenvalue weighted by Crippen LogP contribution is -2.05. The van der Waals surface area contributed by atoms with Gasteiger partial charge in [-0.2, -0.15) is 0 Å². The van der Waals surface area contributed by atoms with Crippen molar-refractivity contribution in [2.45, 2.75) is 20.4 Å². The molecule has 2 nitrogen and oxygen atoms in total. The van der Waals surface area contributed by atoms with Gasteiger partial charge in [-0.15, -0.1) is 0 Å². The second kappa shape index (κ2) is 6.27. The van der Waals surface area contributed by atoms with Gasteiger partial charge in [-0.1, -0.05) is 33.6 Å². The lowest BCUT2D eigenvalue weighted by molar-refractivity contribution is 0.416. The Bertz CT molecular complexity index is 628. The van der Waals surface area contributed by atoms with Gasteiger partial charge < -0.3 is 10.1 Å². The maximum atomic E-state index is 13.7. The molecular weight excluding hydrogens is 321 g/mol. The fraction of sp³-hybridized carbons (Fsp3) is 0.250. The van der Waals surface area contributed by atoms with Crippen LogP contribution in [0.5, 0.6) is 5.75 Å². The van der Waals surface area contributed by atoms with E-state index in [1.54, 1.807) is 13.2 Å². The maximum Gasteiger partial charge on any atom is 0.143 e. The highest BCUT2D eigenvalue weighted by Gasteiger charge is 2.09. The van der Waals surface area contributed by atoms with Crippen molar-refractivity contribution < 1.29 is 9.13 Å². The molecule has 0 aliphatic rings. The van der Waals surface area contributed by atoms with E-state index in [4.69, 9.17) is 4.74 Å². The van der Waals surface area contributed by atoms with E-state index in [-0.39, 0.29) is 5.82 Å². The highest BCUT2D eigenvalue weighted by atomic mass is 79.9. The molecule has 0 saturated carbocycles. The summed E-state index contributed by atoms with van der Waals surface area (Å²) in [6.45, 7) is 4.36. The Kier molecular flexibility index (Phi) is 4.65. The smallest absolute Gasteiger partial charge is 0.143 e. The number of nitrogens with one attached hydrogen (secondary N) is 1. The fourth-order valence-corrected chi connectivity index (χ4v) is 2.67. The largest absolute Gasteiger partial charge is 0.495 e. The first-order valence-electron chi connectivity index (χ1n) is 6.34. The molecule has 0 fully saturated rings. The molecule has 20 heavy (non-hydrogen) atoms. The van der Waals surface area contributed by atoms with E-state index >= 15 is 0 Å². The highest BCUT2D eigenvalue weighted by molar-refractivity contribution is 9.10. The van der Waals surface area contributed by atoms with Crippen molar-refractivity contribution in [3.8, 4) is 5.75 Å². The van der Waals surface area contributed by atoms with Crippen LogP contribution in [0.4, 0.5) is 10.1 Å². The zero-order valence-corrected chi connectivity index (χ0v) is 13.3. The first kappa shape index (κ1) is 14.9. The molecule has 2 aromatic rings. The topological polar surface area (TPSA) is 21.3 Å². The molecule has 0 aliphatic carbocycles. The molecule has 0 saturated heterocycles. The fourth-order valence-electron chi connectivity index (χ4n) is 2.12. The second-order valence-electron chi connectivity index (χ2n) is 4.75. The number of rotatable bonds is 4. The minimum absolute atomic E-state index is 0.197. The zero-order valence-electron chi connectivity index (χ0n) is 11.8. The number of ether oxygens (including phenoxy) is 1. The molecule has 0 heterocycles. The molecule has 0 amide bonds. The standard InChI is InChI=1S/C16H17BrFNO/c1-10-4-5-14(18)12(6-10)9-19-16-11(2)7-13(17)8-15(16)20-3/h4-8,19H,9H2,1-3H3. The lowest BCUT2D eigenvalue weighted by atomic mass is 10.1. The van der Waals surface area contributed by atoms with Crippen LogP contribution in [0.15, 0.2) is 34.8 Å².